The summed E-state index contributed by atoms with van der Waals surface area (Å²) < 4.78 is 6.24. The van der Waals surface area contributed by atoms with Crippen LogP contribution in [0.2, 0.25) is 0 Å². The maximum atomic E-state index is 10.9. The van der Waals surface area contributed by atoms with Gasteiger partial charge in [0, 0.05) is 23.8 Å². The maximum absolute atomic E-state index is 10.9. The van der Waals surface area contributed by atoms with Crippen LogP contribution in [0.4, 0.5) is 0 Å². The summed E-state index contributed by atoms with van der Waals surface area (Å²) in [6.45, 7) is 20.6. The zero-order valence-corrected chi connectivity index (χ0v) is 28.7. The standard InChI is InChI=1S/C40H56O4/c1-29(17-13-19-31(3)21-22-35-36(5,6)25-33(41)27-38(35,9)43)15-11-12-16-30(2)18-14-20-32(4)23-24-40-37(7,8)26-34(42)28-39(40,10)44-40/h11-21,23-24,33-34,41-43H,25-28H2,1-10H3/b12-11+,17-13-,18-14-,24-23+,29-15-,30-16-,31-19-,32-20-/t22?,33-,34-,38+,39-,40+/m0/s1. The fourth-order valence-corrected chi connectivity index (χ4v) is 7.25. The van der Waals surface area contributed by atoms with Crippen molar-refractivity contribution in [2.45, 2.75) is 124 Å². The molecule has 0 radical (unpaired) electrons. The average Bonchev–Trinajstić information content (AvgIpc) is 3.49. The smallest absolute Gasteiger partial charge is 0.121 e. The van der Waals surface area contributed by atoms with Gasteiger partial charge in [0.25, 0.3) is 0 Å². The van der Waals surface area contributed by atoms with Gasteiger partial charge in [-0.2, -0.15) is 0 Å². The Morgan fingerprint density at radius 3 is 1.73 bits per heavy atom. The number of epoxide rings is 1. The molecule has 3 aliphatic rings. The minimum Gasteiger partial charge on any atom is -0.393 e. The Morgan fingerprint density at radius 2 is 1.18 bits per heavy atom. The molecular formula is C40H56O4. The van der Waals surface area contributed by atoms with Crippen LogP contribution < -0.4 is 0 Å². The van der Waals surface area contributed by atoms with Gasteiger partial charge < -0.3 is 20.1 Å². The van der Waals surface area contributed by atoms with Crippen LogP contribution in [-0.4, -0.2) is 44.3 Å². The van der Waals surface area contributed by atoms with Gasteiger partial charge in [-0.1, -0.05) is 111 Å². The SMILES string of the molecule is C/C(C=C=C1C(C)(C)C[C@H](O)C[C@@]1(C)O)=C/C=C\C(C)=C/C=C/C=C(C)\C=C/C=C(C)\C=C\[C@]12O[C@@]1(C)C[C@@H](O)CC2(C)C. The van der Waals surface area contributed by atoms with Crippen molar-refractivity contribution in [3.8, 4) is 0 Å². The molecule has 1 saturated heterocycles. The zero-order valence-electron chi connectivity index (χ0n) is 28.7. The van der Waals surface area contributed by atoms with Crippen LogP contribution in [-0.2, 0) is 4.74 Å². The minimum atomic E-state index is -1.05. The molecule has 2 saturated carbocycles. The van der Waals surface area contributed by atoms with Crippen molar-refractivity contribution in [2.75, 3.05) is 0 Å². The van der Waals surface area contributed by atoms with Gasteiger partial charge in [0.15, 0.2) is 0 Å². The Balaban J connectivity index is 1.53. The summed E-state index contributed by atoms with van der Waals surface area (Å²) in [5.74, 6) is 0. The molecular weight excluding hydrogens is 544 g/mol. The van der Waals surface area contributed by atoms with Gasteiger partial charge in [0.1, 0.15) is 11.2 Å². The lowest BCUT2D eigenvalue weighted by atomic mass is 9.63. The second kappa shape index (κ2) is 13.7. The Morgan fingerprint density at radius 1 is 0.682 bits per heavy atom. The first-order chi connectivity index (χ1) is 20.3. The molecule has 0 aromatic heterocycles. The van der Waals surface area contributed by atoms with Crippen LogP contribution >= 0.6 is 0 Å². The molecule has 0 unspecified atom stereocenters. The van der Waals surface area contributed by atoms with Crippen molar-refractivity contribution in [1.82, 2.24) is 0 Å². The van der Waals surface area contributed by atoms with Crippen LogP contribution in [0.3, 0.4) is 0 Å². The quantitative estimate of drug-likeness (QED) is 0.141. The van der Waals surface area contributed by atoms with Gasteiger partial charge >= 0.3 is 0 Å². The predicted octanol–water partition coefficient (Wildman–Crippen LogP) is 8.72. The van der Waals surface area contributed by atoms with Crippen LogP contribution in [0, 0.1) is 10.8 Å². The van der Waals surface area contributed by atoms with Gasteiger partial charge in [-0.3, -0.25) is 0 Å². The molecule has 0 spiro atoms. The van der Waals surface area contributed by atoms with Crippen molar-refractivity contribution >= 4 is 0 Å². The van der Waals surface area contributed by atoms with Gasteiger partial charge in [0.2, 0.25) is 0 Å². The Bertz CT molecular complexity index is 1360. The first-order valence-electron chi connectivity index (χ1n) is 16.0. The average molecular weight is 601 g/mol. The number of aliphatic hydroxyl groups is 3. The minimum absolute atomic E-state index is 0.103. The molecule has 2 aliphatic carbocycles. The predicted molar refractivity (Wildman–Crippen MR) is 184 cm³/mol. The van der Waals surface area contributed by atoms with E-state index in [9.17, 15) is 15.3 Å². The molecule has 240 valence electrons. The lowest BCUT2D eigenvalue weighted by Crippen LogP contribution is -2.46. The van der Waals surface area contributed by atoms with Crippen LogP contribution in [0.1, 0.15) is 94.9 Å². The van der Waals surface area contributed by atoms with E-state index in [-0.39, 0.29) is 28.1 Å². The van der Waals surface area contributed by atoms with E-state index in [2.05, 4.69) is 110 Å². The molecule has 3 N–H and O–H groups in total. The first kappa shape index (κ1) is 35.8. The molecule has 1 aliphatic heterocycles. The zero-order chi connectivity index (χ0) is 33.0. The Labute approximate surface area is 267 Å². The number of allylic oxidation sites excluding steroid dienone is 15. The van der Waals surface area contributed by atoms with E-state index in [0.717, 1.165) is 34.3 Å². The third-order valence-corrected chi connectivity index (χ3v) is 9.39. The normalized spacial score (nSPS) is 34.7. The van der Waals surface area contributed by atoms with E-state index in [1.54, 1.807) is 6.92 Å². The highest BCUT2D eigenvalue weighted by atomic mass is 16.6. The summed E-state index contributed by atoms with van der Waals surface area (Å²) in [4.78, 5) is 0. The van der Waals surface area contributed by atoms with E-state index in [0.29, 0.717) is 19.3 Å². The molecule has 4 nitrogen and oxygen atoms in total. The van der Waals surface area contributed by atoms with Gasteiger partial charge in [0.05, 0.1) is 17.8 Å². The molecule has 0 aromatic carbocycles. The highest BCUT2D eigenvalue weighted by molar-refractivity contribution is 5.37. The lowest BCUT2D eigenvalue weighted by Gasteiger charge is -2.43. The molecule has 44 heavy (non-hydrogen) atoms. The highest BCUT2D eigenvalue weighted by Gasteiger charge is 2.74. The van der Waals surface area contributed by atoms with Gasteiger partial charge in [-0.15, -0.1) is 5.73 Å². The number of fused-ring (bicyclic) bond motifs is 1. The van der Waals surface area contributed by atoms with Crippen molar-refractivity contribution in [3.63, 3.8) is 0 Å². The van der Waals surface area contributed by atoms with E-state index >= 15 is 0 Å². The molecule has 0 aromatic rings. The van der Waals surface area contributed by atoms with Crippen LogP contribution in [0.15, 0.2) is 113 Å². The third-order valence-electron chi connectivity index (χ3n) is 9.39. The molecule has 3 rings (SSSR count). The van der Waals surface area contributed by atoms with E-state index in [1.165, 1.54) is 0 Å². The fourth-order valence-electron chi connectivity index (χ4n) is 7.25. The summed E-state index contributed by atoms with van der Waals surface area (Å²) in [7, 11) is 0. The molecule has 3 fully saturated rings. The second-order valence-corrected chi connectivity index (χ2v) is 15.0. The summed E-state index contributed by atoms with van der Waals surface area (Å²) in [6, 6.07) is 0. The summed E-state index contributed by atoms with van der Waals surface area (Å²) in [5, 5.41) is 31.2. The van der Waals surface area contributed by atoms with E-state index < -0.39 is 11.7 Å². The maximum Gasteiger partial charge on any atom is 0.121 e. The van der Waals surface area contributed by atoms with Gasteiger partial charge in [-0.05, 0) is 77.5 Å². The molecule has 1 heterocycles. The van der Waals surface area contributed by atoms with Crippen LogP contribution in [0.5, 0.6) is 0 Å². The molecule has 0 amide bonds. The number of ether oxygens (including phenoxy) is 1. The van der Waals surface area contributed by atoms with Crippen molar-refractivity contribution in [3.05, 3.63) is 113 Å². The second-order valence-electron chi connectivity index (χ2n) is 15.0. The Hall–Kier alpha value is -2.72. The first-order valence-corrected chi connectivity index (χ1v) is 16.0. The number of hydrogen-bond donors (Lipinski definition) is 3. The lowest BCUT2D eigenvalue weighted by molar-refractivity contribution is -0.0268. The summed E-state index contributed by atoms with van der Waals surface area (Å²) in [5.41, 5.74) is 6.63. The monoisotopic (exact) mass is 600 g/mol. The topological polar surface area (TPSA) is 73.2 Å². The Kier molecular flexibility index (Phi) is 11.2. The van der Waals surface area contributed by atoms with Crippen molar-refractivity contribution in [2.24, 2.45) is 10.8 Å². The van der Waals surface area contributed by atoms with Crippen LogP contribution in [0.25, 0.3) is 0 Å². The van der Waals surface area contributed by atoms with Crippen molar-refractivity contribution < 1.29 is 20.1 Å². The largest absolute Gasteiger partial charge is 0.393 e. The number of rotatable bonds is 9. The highest BCUT2D eigenvalue weighted by Crippen LogP contribution is 2.66. The van der Waals surface area contributed by atoms with E-state index in [1.807, 2.05) is 37.3 Å². The number of aliphatic hydroxyl groups excluding tert-OH is 2. The summed E-state index contributed by atoms with van der Waals surface area (Å²) >= 11 is 0. The van der Waals surface area contributed by atoms with Gasteiger partial charge in [-0.25, -0.2) is 0 Å². The fraction of sp³-hybridized carbons (Fsp3) is 0.525. The van der Waals surface area contributed by atoms with E-state index in [4.69, 9.17) is 4.74 Å². The molecule has 5 atom stereocenters. The molecule has 0 bridgehead atoms. The van der Waals surface area contributed by atoms with Crippen molar-refractivity contribution in [1.29, 1.82) is 0 Å². The third kappa shape index (κ3) is 8.71. The summed E-state index contributed by atoms with van der Waals surface area (Å²) in [6.07, 6.45) is 28.5. The number of hydrogen-bond acceptors (Lipinski definition) is 4. The molecule has 4 heteroatoms.